The second-order valence-electron chi connectivity index (χ2n) is 4.18. The molecule has 1 N–H and O–H groups in total. The van der Waals surface area contributed by atoms with Gasteiger partial charge in [-0.2, -0.15) is 0 Å². The molecule has 6 nitrogen and oxygen atoms in total. The van der Waals surface area contributed by atoms with Crippen molar-refractivity contribution in [2.24, 2.45) is 0 Å². The minimum Gasteiger partial charge on any atom is -0.354 e. The van der Waals surface area contributed by atoms with Gasteiger partial charge in [-0.15, -0.1) is 5.10 Å². The smallest absolute Gasteiger partial charge is 0.243 e. The standard InChI is InChI=1S/C12H13Cl3N4O2/c1-2-21-11(12(13,14)15)16-10(20)7-19-9-6-4-3-5-8(9)17-18-19/h3-6,11H,2,7H2,1H3,(H,16,20). The predicted octanol–water partition coefficient (Wildman–Crippen LogP) is 2.28. The van der Waals surface area contributed by atoms with Crippen molar-refractivity contribution in [1.82, 2.24) is 20.3 Å². The van der Waals surface area contributed by atoms with E-state index < -0.39 is 15.9 Å². The number of benzene rings is 1. The zero-order valence-electron chi connectivity index (χ0n) is 11.1. The maximum atomic E-state index is 12.0. The van der Waals surface area contributed by atoms with E-state index in [1.54, 1.807) is 13.0 Å². The molecule has 1 atom stereocenters. The lowest BCUT2D eigenvalue weighted by Gasteiger charge is -2.25. The lowest BCUT2D eigenvalue weighted by molar-refractivity contribution is -0.126. The highest BCUT2D eigenvalue weighted by atomic mass is 35.6. The van der Waals surface area contributed by atoms with Crippen molar-refractivity contribution in [2.45, 2.75) is 23.5 Å². The van der Waals surface area contributed by atoms with Crippen molar-refractivity contribution in [3.05, 3.63) is 24.3 Å². The summed E-state index contributed by atoms with van der Waals surface area (Å²) in [5.41, 5.74) is 1.45. The van der Waals surface area contributed by atoms with Gasteiger partial charge in [-0.25, -0.2) is 4.68 Å². The number of hydrogen-bond donors (Lipinski definition) is 1. The second kappa shape index (κ2) is 6.79. The van der Waals surface area contributed by atoms with Gasteiger partial charge in [0.05, 0.1) is 5.52 Å². The summed E-state index contributed by atoms with van der Waals surface area (Å²) in [6.07, 6.45) is -1.03. The largest absolute Gasteiger partial charge is 0.354 e. The van der Waals surface area contributed by atoms with Crippen LogP contribution in [0.15, 0.2) is 24.3 Å². The number of halogens is 3. The lowest BCUT2D eigenvalue weighted by Crippen LogP contribution is -2.46. The Morgan fingerprint density at radius 2 is 2.14 bits per heavy atom. The van der Waals surface area contributed by atoms with E-state index in [2.05, 4.69) is 15.6 Å². The van der Waals surface area contributed by atoms with Gasteiger partial charge in [-0.05, 0) is 19.1 Å². The van der Waals surface area contributed by atoms with Crippen molar-refractivity contribution in [3.8, 4) is 0 Å². The highest BCUT2D eigenvalue weighted by Gasteiger charge is 2.34. The minimum atomic E-state index is -1.75. The summed E-state index contributed by atoms with van der Waals surface area (Å²) in [5.74, 6) is -0.393. The monoisotopic (exact) mass is 350 g/mol. The van der Waals surface area contributed by atoms with Crippen LogP contribution in [0.5, 0.6) is 0 Å². The lowest BCUT2D eigenvalue weighted by atomic mass is 10.3. The van der Waals surface area contributed by atoms with Crippen LogP contribution in [0.25, 0.3) is 11.0 Å². The van der Waals surface area contributed by atoms with E-state index in [4.69, 9.17) is 39.5 Å². The number of carbonyl (C=O) groups excluding carboxylic acids is 1. The number of nitrogens with zero attached hydrogens (tertiary/aromatic N) is 3. The number of hydrogen-bond acceptors (Lipinski definition) is 4. The summed E-state index contributed by atoms with van der Waals surface area (Å²) in [7, 11) is 0. The Bertz CT molecular complexity index is 626. The Morgan fingerprint density at radius 1 is 1.43 bits per heavy atom. The topological polar surface area (TPSA) is 69.0 Å². The third-order valence-electron chi connectivity index (χ3n) is 2.64. The van der Waals surface area contributed by atoms with Crippen molar-refractivity contribution in [3.63, 3.8) is 0 Å². The van der Waals surface area contributed by atoms with Crippen LogP contribution in [-0.2, 0) is 16.1 Å². The molecule has 2 aromatic rings. The van der Waals surface area contributed by atoms with E-state index >= 15 is 0 Å². The molecule has 1 aromatic carbocycles. The summed E-state index contributed by atoms with van der Waals surface area (Å²) in [4.78, 5) is 12.0. The zero-order valence-corrected chi connectivity index (χ0v) is 13.4. The summed E-state index contributed by atoms with van der Waals surface area (Å²) < 4.78 is 4.92. The van der Waals surface area contributed by atoms with E-state index in [1.165, 1.54) is 4.68 Å². The second-order valence-corrected chi connectivity index (χ2v) is 6.55. The highest BCUT2D eigenvalue weighted by molar-refractivity contribution is 6.68. The predicted molar refractivity (Wildman–Crippen MR) is 81.4 cm³/mol. The molecular weight excluding hydrogens is 339 g/mol. The number of fused-ring (bicyclic) bond motifs is 1. The number of carbonyl (C=O) groups is 1. The Labute approximate surface area is 136 Å². The molecule has 1 unspecified atom stereocenters. The summed E-state index contributed by atoms with van der Waals surface area (Å²) >= 11 is 17.3. The van der Waals surface area contributed by atoms with Crippen LogP contribution in [0.1, 0.15) is 6.92 Å². The van der Waals surface area contributed by atoms with Gasteiger partial charge >= 0.3 is 0 Å². The molecule has 0 spiro atoms. The molecule has 1 amide bonds. The third-order valence-corrected chi connectivity index (χ3v) is 3.23. The maximum absolute atomic E-state index is 12.0. The van der Waals surface area contributed by atoms with Crippen LogP contribution in [-0.4, -0.2) is 37.5 Å². The first-order valence-electron chi connectivity index (χ1n) is 6.17. The Morgan fingerprint density at radius 3 is 2.81 bits per heavy atom. The third kappa shape index (κ3) is 4.20. The molecule has 0 saturated heterocycles. The molecule has 1 heterocycles. The molecule has 0 radical (unpaired) electrons. The molecule has 0 bridgehead atoms. The van der Waals surface area contributed by atoms with E-state index in [0.29, 0.717) is 12.1 Å². The number of amides is 1. The average molecular weight is 352 g/mol. The van der Waals surface area contributed by atoms with Gasteiger partial charge in [-0.3, -0.25) is 4.79 Å². The molecule has 1 aromatic heterocycles. The molecule has 0 aliphatic heterocycles. The number of rotatable bonds is 5. The van der Waals surface area contributed by atoms with Gasteiger partial charge in [0.25, 0.3) is 0 Å². The van der Waals surface area contributed by atoms with Crippen LogP contribution in [0, 0.1) is 0 Å². The Kier molecular flexibility index (Phi) is 5.27. The number of aromatic nitrogens is 3. The van der Waals surface area contributed by atoms with Gasteiger partial charge in [0, 0.05) is 6.61 Å². The van der Waals surface area contributed by atoms with Gasteiger partial charge in [0.1, 0.15) is 12.1 Å². The maximum Gasteiger partial charge on any atom is 0.243 e. The van der Waals surface area contributed by atoms with Gasteiger partial charge in [-0.1, -0.05) is 52.1 Å². The van der Waals surface area contributed by atoms with Gasteiger partial charge < -0.3 is 10.1 Å². The highest BCUT2D eigenvalue weighted by Crippen LogP contribution is 2.30. The molecule has 0 aliphatic carbocycles. The first-order valence-corrected chi connectivity index (χ1v) is 7.31. The van der Waals surface area contributed by atoms with Crippen molar-refractivity contribution >= 4 is 51.7 Å². The van der Waals surface area contributed by atoms with E-state index in [9.17, 15) is 4.79 Å². The van der Waals surface area contributed by atoms with Crippen LogP contribution in [0.3, 0.4) is 0 Å². The normalized spacial score (nSPS) is 13.3. The molecule has 114 valence electrons. The average Bonchev–Trinajstić information content (AvgIpc) is 2.81. The minimum absolute atomic E-state index is 0.0508. The van der Waals surface area contributed by atoms with Crippen LogP contribution in [0.4, 0.5) is 0 Å². The molecule has 2 rings (SSSR count). The molecule has 21 heavy (non-hydrogen) atoms. The molecule has 9 heteroatoms. The summed E-state index contributed by atoms with van der Waals surface area (Å²) in [6.45, 7) is 1.98. The zero-order chi connectivity index (χ0) is 15.5. The summed E-state index contributed by atoms with van der Waals surface area (Å²) in [6, 6.07) is 7.30. The first kappa shape index (κ1) is 16.3. The fourth-order valence-corrected chi connectivity index (χ4v) is 2.10. The van der Waals surface area contributed by atoms with Crippen molar-refractivity contribution < 1.29 is 9.53 Å². The number of nitrogens with one attached hydrogen (secondary N) is 1. The van der Waals surface area contributed by atoms with Crippen molar-refractivity contribution in [2.75, 3.05) is 6.61 Å². The molecule has 0 fully saturated rings. The van der Waals surface area contributed by atoms with Crippen LogP contribution < -0.4 is 5.32 Å². The van der Waals surface area contributed by atoms with Crippen LogP contribution in [0.2, 0.25) is 0 Å². The first-order chi connectivity index (χ1) is 9.91. The van der Waals surface area contributed by atoms with Crippen LogP contribution >= 0.6 is 34.8 Å². The fourth-order valence-electron chi connectivity index (χ4n) is 1.75. The van der Waals surface area contributed by atoms with E-state index in [0.717, 1.165) is 5.52 Å². The Hall–Kier alpha value is -1.08. The number of ether oxygens (including phenoxy) is 1. The Balaban J connectivity index is 2.07. The van der Waals surface area contributed by atoms with Crippen molar-refractivity contribution in [1.29, 1.82) is 0 Å². The van der Waals surface area contributed by atoms with Gasteiger partial charge in [0.2, 0.25) is 9.70 Å². The number of alkyl halides is 3. The SMILES string of the molecule is CCOC(NC(=O)Cn1nnc2ccccc21)C(Cl)(Cl)Cl. The van der Waals surface area contributed by atoms with Gasteiger partial charge in [0.15, 0.2) is 6.23 Å². The molecular formula is C12H13Cl3N4O2. The van der Waals surface area contributed by atoms with E-state index in [1.807, 2.05) is 18.2 Å². The molecule has 0 saturated carbocycles. The quantitative estimate of drug-likeness (QED) is 0.663. The fraction of sp³-hybridized carbons (Fsp3) is 0.417. The summed E-state index contributed by atoms with van der Waals surface area (Å²) in [5, 5.41) is 10.4. The molecule has 0 aliphatic rings. The number of para-hydroxylation sites is 1. The van der Waals surface area contributed by atoms with E-state index in [-0.39, 0.29) is 6.54 Å².